The molecule has 2 amide bonds. The average Bonchev–Trinajstić information content (AvgIpc) is 3.03. The number of rotatable bonds is 12. The SMILES string of the molecule is COc1ccc(C(=O)CSc2cccc(NC(=O)/C(=C/c3cccc(OC)c3OC)NC(=O)c3ccccc3)c2)cc1. The maximum atomic E-state index is 13.5. The summed E-state index contributed by atoms with van der Waals surface area (Å²) in [5, 5.41) is 5.58. The highest BCUT2D eigenvalue weighted by Gasteiger charge is 2.18. The minimum atomic E-state index is -0.541. The maximum absolute atomic E-state index is 13.5. The Morgan fingerprint density at radius 3 is 2.19 bits per heavy atom. The summed E-state index contributed by atoms with van der Waals surface area (Å²) >= 11 is 1.36. The van der Waals surface area contributed by atoms with E-state index in [1.165, 1.54) is 32.1 Å². The number of amides is 2. The van der Waals surface area contributed by atoms with Crippen molar-refractivity contribution >= 4 is 41.1 Å². The molecule has 214 valence electrons. The molecular formula is C33H30N2O6S. The third-order valence-electron chi connectivity index (χ3n) is 6.14. The Hall–Kier alpha value is -5.02. The number of carbonyl (C=O) groups is 3. The van der Waals surface area contributed by atoms with Crippen LogP contribution in [0.1, 0.15) is 26.3 Å². The number of para-hydroxylation sites is 1. The molecule has 42 heavy (non-hydrogen) atoms. The predicted octanol–water partition coefficient (Wildman–Crippen LogP) is 6.10. The largest absolute Gasteiger partial charge is 0.497 e. The highest BCUT2D eigenvalue weighted by atomic mass is 32.2. The summed E-state index contributed by atoms with van der Waals surface area (Å²) in [6, 6.07) is 27.9. The highest BCUT2D eigenvalue weighted by molar-refractivity contribution is 8.00. The number of anilines is 1. The summed E-state index contributed by atoms with van der Waals surface area (Å²) in [4.78, 5) is 40.0. The number of ether oxygens (including phenoxy) is 3. The van der Waals surface area contributed by atoms with Gasteiger partial charge in [-0.1, -0.05) is 36.4 Å². The molecule has 8 nitrogen and oxygen atoms in total. The minimum Gasteiger partial charge on any atom is -0.497 e. The van der Waals surface area contributed by atoms with E-state index in [4.69, 9.17) is 14.2 Å². The Labute approximate surface area is 248 Å². The van der Waals surface area contributed by atoms with Gasteiger partial charge in [0.25, 0.3) is 11.8 Å². The Bertz CT molecular complexity index is 1590. The van der Waals surface area contributed by atoms with E-state index >= 15 is 0 Å². The smallest absolute Gasteiger partial charge is 0.272 e. The molecule has 0 atom stereocenters. The Morgan fingerprint density at radius 1 is 0.762 bits per heavy atom. The molecule has 0 saturated heterocycles. The summed E-state index contributed by atoms with van der Waals surface area (Å²) < 4.78 is 16.0. The van der Waals surface area contributed by atoms with Crippen LogP contribution in [0, 0.1) is 0 Å². The van der Waals surface area contributed by atoms with Crippen molar-refractivity contribution in [2.24, 2.45) is 0 Å². The Kier molecular flexibility index (Phi) is 10.4. The van der Waals surface area contributed by atoms with Gasteiger partial charge in [0.15, 0.2) is 17.3 Å². The fraction of sp³-hybridized carbons (Fsp3) is 0.121. The first-order chi connectivity index (χ1) is 20.4. The minimum absolute atomic E-state index is 0.00291. The lowest BCUT2D eigenvalue weighted by Crippen LogP contribution is -2.30. The molecule has 4 rings (SSSR count). The van der Waals surface area contributed by atoms with Crippen LogP contribution in [-0.2, 0) is 4.79 Å². The van der Waals surface area contributed by atoms with Crippen LogP contribution in [0.15, 0.2) is 108 Å². The molecule has 0 unspecified atom stereocenters. The van der Waals surface area contributed by atoms with Crippen LogP contribution < -0.4 is 24.8 Å². The van der Waals surface area contributed by atoms with Crippen molar-refractivity contribution in [1.82, 2.24) is 5.32 Å². The molecule has 0 aromatic heterocycles. The fourth-order valence-electron chi connectivity index (χ4n) is 3.99. The second kappa shape index (κ2) is 14.6. The van der Waals surface area contributed by atoms with Crippen molar-refractivity contribution in [3.63, 3.8) is 0 Å². The molecule has 4 aromatic rings. The number of benzene rings is 4. The van der Waals surface area contributed by atoms with Gasteiger partial charge < -0.3 is 24.8 Å². The molecule has 2 N–H and O–H groups in total. The molecule has 0 spiro atoms. The van der Waals surface area contributed by atoms with Gasteiger partial charge in [0, 0.05) is 27.3 Å². The zero-order chi connectivity index (χ0) is 29.9. The summed E-state index contributed by atoms with van der Waals surface area (Å²) in [6.45, 7) is 0. The number of thioether (sulfide) groups is 1. The monoisotopic (exact) mass is 582 g/mol. The second-order valence-corrected chi connectivity index (χ2v) is 9.93. The maximum Gasteiger partial charge on any atom is 0.272 e. The van der Waals surface area contributed by atoms with Crippen molar-refractivity contribution in [3.8, 4) is 17.2 Å². The zero-order valence-corrected chi connectivity index (χ0v) is 24.2. The topological polar surface area (TPSA) is 103 Å². The van der Waals surface area contributed by atoms with Crippen LogP contribution >= 0.6 is 11.8 Å². The van der Waals surface area contributed by atoms with Gasteiger partial charge in [0.1, 0.15) is 11.4 Å². The van der Waals surface area contributed by atoms with Gasteiger partial charge in [0.2, 0.25) is 0 Å². The van der Waals surface area contributed by atoms with Crippen molar-refractivity contribution in [3.05, 3.63) is 119 Å². The van der Waals surface area contributed by atoms with Gasteiger partial charge in [-0.15, -0.1) is 11.8 Å². The van der Waals surface area contributed by atoms with Crippen molar-refractivity contribution in [2.75, 3.05) is 32.4 Å². The number of carbonyl (C=O) groups excluding carboxylic acids is 3. The van der Waals surface area contributed by atoms with Crippen LogP contribution in [0.25, 0.3) is 6.08 Å². The number of hydrogen-bond acceptors (Lipinski definition) is 7. The van der Waals surface area contributed by atoms with E-state index in [-0.39, 0.29) is 17.2 Å². The van der Waals surface area contributed by atoms with Crippen LogP contribution in [0.5, 0.6) is 17.2 Å². The van der Waals surface area contributed by atoms with Crippen LogP contribution in [-0.4, -0.2) is 44.7 Å². The molecule has 0 fully saturated rings. The molecule has 0 aliphatic heterocycles. The molecule has 0 aliphatic rings. The lowest BCUT2D eigenvalue weighted by atomic mass is 10.1. The molecule has 9 heteroatoms. The quantitative estimate of drug-likeness (QED) is 0.118. The van der Waals surface area contributed by atoms with Crippen molar-refractivity contribution in [1.29, 1.82) is 0 Å². The molecular weight excluding hydrogens is 552 g/mol. The average molecular weight is 583 g/mol. The number of hydrogen-bond donors (Lipinski definition) is 2. The predicted molar refractivity (Wildman–Crippen MR) is 165 cm³/mol. The fourth-order valence-corrected chi connectivity index (χ4v) is 4.84. The van der Waals surface area contributed by atoms with E-state index < -0.39 is 11.8 Å². The van der Waals surface area contributed by atoms with Crippen molar-refractivity contribution < 1.29 is 28.6 Å². The third-order valence-corrected chi connectivity index (χ3v) is 7.13. The normalized spacial score (nSPS) is 10.9. The van der Waals surface area contributed by atoms with E-state index in [0.29, 0.717) is 39.6 Å². The van der Waals surface area contributed by atoms with Gasteiger partial charge in [-0.25, -0.2) is 0 Å². The van der Waals surface area contributed by atoms with E-state index in [1.807, 2.05) is 6.07 Å². The number of Topliss-reactive ketones (excluding diaryl/α,β-unsaturated/α-hetero) is 1. The summed E-state index contributed by atoms with van der Waals surface area (Å²) in [5.41, 5.74) is 2.03. The first-order valence-electron chi connectivity index (χ1n) is 12.9. The lowest BCUT2D eigenvalue weighted by molar-refractivity contribution is -0.113. The van der Waals surface area contributed by atoms with Crippen LogP contribution in [0.4, 0.5) is 5.69 Å². The van der Waals surface area contributed by atoms with E-state index in [9.17, 15) is 14.4 Å². The Balaban J connectivity index is 1.54. The summed E-state index contributed by atoms with van der Waals surface area (Å²) in [5.74, 6) is 0.783. The molecule has 0 saturated carbocycles. The summed E-state index contributed by atoms with van der Waals surface area (Å²) in [7, 11) is 4.59. The zero-order valence-electron chi connectivity index (χ0n) is 23.4. The standard InChI is InChI=1S/C33H30N2O6S/c1-39-26-17-15-22(16-18-26)29(36)21-42-27-13-8-12-25(20-27)34-33(38)28(35-32(37)23-9-5-4-6-10-23)19-24-11-7-14-30(40-2)31(24)41-3/h4-20H,21H2,1-3H3,(H,34,38)(H,35,37)/b28-19-. The van der Waals surface area contributed by atoms with Crippen molar-refractivity contribution in [2.45, 2.75) is 4.90 Å². The van der Waals surface area contributed by atoms with Crippen LogP contribution in [0.2, 0.25) is 0 Å². The lowest BCUT2D eigenvalue weighted by Gasteiger charge is -2.14. The van der Waals surface area contributed by atoms with Gasteiger partial charge >= 0.3 is 0 Å². The third kappa shape index (κ3) is 7.80. The van der Waals surface area contributed by atoms with Gasteiger partial charge in [0.05, 0.1) is 27.1 Å². The van der Waals surface area contributed by atoms with Gasteiger partial charge in [-0.05, 0) is 66.7 Å². The first-order valence-corrected chi connectivity index (χ1v) is 13.9. The Morgan fingerprint density at radius 2 is 1.50 bits per heavy atom. The molecule has 4 aromatic carbocycles. The number of methoxy groups -OCH3 is 3. The van der Waals surface area contributed by atoms with Gasteiger partial charge in [-0.2, -0.15) is 0 Å². The second-order valence-electron chi connectivity index (χ2n) is 8.88. The van der Waals surface area contributed by atoms with Crippen LogP contribution in [0.3, 0.4) is 0 Å². The van der Waals surface area contributed by atoms with E-state index in [2.05, 4.69) is 10.6 Å². The molecule has 0 aliphatic carbocycles. The van der Waals surface area contributed by atoms with E-state index in [1.54, 1.807) is 98.1 Å². The van der Waals surface area contributed by atoms with E-state index in [0.717, 1.165) is 4.90 Å². The summed E-state index contributed by atoms with van der Waals surface area (Å²) in [6.07, 6.45) is 1.53. The number of nitrogens with one attached hydrogen (secondary N) is 2. The first kappa shape index (κ1) is 30.0. The highest BCUT2D eigenvalue weighted by Crippen LogP contribution is 2.32. The number of ketones is 1. The molecule has 0 bridgehead atoms. The van der Waals surface area contributed by atoms with Gasteiger partial charge in [-0.3, -0.25) is 14.4 Å². The molecule has 0 heterocycles. The molecule has 0 radical (unpaired) electrons.